The second-order valence-corrected chi connectivity index (χ2v) is 12.2. The summed E-state index contributed by atoms with van der Waals surface area (Å²) in [5.74, 6) is -0.309. The van der Waals surface area contributed by atoms with E-state index >= 15 is 0 Å². The molecule has 40 heavy (non-hydrogen) atoms. The molecule has 0 rings (SSSR count). The summed E-state index contributed by atoms with van der Waals surface area (Å²) < 4.78 is 11.0. The van der Waals surface area contributed by atoms with Crippen molar-refractivity contribution < 1.29 is 19.1 Å². The second kappa shape index (κ2) is 32.5. The molecule has 0 N–H and O–H groups in total. The minimum Gasteiger partial charge on any atom is -0.462 e. The standard InChI is InChI=1S/C36H70O4/c1-4-7-9-11-13-15-17-19-21-23-25-27-29-31-35(37)39-33-34(6-3)40-36(38)32-30-28-26-24-22-20-18-16-14-12-10-8-5-2/h34H,4-33H2,1-3H3/t34-/m0/s1. The van der Waals surface area contributed by atoms with Crippen molar-refractivity contribution in [2.45, 2.75) is 213 Å². The normalized spacial score (nSPS) is 12.0. The summed E-state index contributed by atoms with van der Waals surface area (Å²) in [6.45, 7) is 6.71. The largest absolute Gasteiger partial charge is 0.462 e. The molecule has 4 nitrogen and oxygen atoms in total. The van der Waals surface area contributed by atoms with E-state index < -0.39 is 0 Å². The van der Waals surface area contributed by atoms with Crippen molar-refractivity contribution >= 4 is 11.9 Å². The summed E-state index contributed by atoms with van der Waals surface area (Å²) >= 11 is 0. The van der Waals surface area contributed by atoms with Gasteiger partial charge in [0.25, 0.3) is 0 Å². The van der Waals surface area contributed by atoms with Crippen LogP contribution in [0.3, 0.4) is 0 Å². The first-order chi connectivity index (χ1) is 19.6. The average Bonchev–Trinajstić information content (AvgIpc) is 2.96. The van der Waals surface area contributed by atoms with E-state index in [1.165, 1.54) is 141 Å². The Balaban J connectivity index is 3.53. The van der Waals surface area contributed by atoms with Gasteiger partial charge in [-0.25, -0.2) is 0 Å². The lowest BCUT2D eigenvalue weighted by atomic mass is 10.0. The van der Waals surface area contributed by atoms with Gasteiger partial charge in [0.2, 0.25) is 0 Å². The lowest BCUT2D eigenvalue weighted by Crippen LogP contribution is -2.24. The molecule has 0 saturated carbocycles. The van der Waals surface area contributed by atoms with Gasteiger partial charge < -0.3 is 9.47 Å². The zero-order valence-corrected chi connectivity index (χ0v) is 27.4. The van der Waals surface area contributed by atoms with Gasteiger partial charge in [-0.15, -0.1) is 0 Å². The molecule has 0 saturated heterocycles. The molecule has 0 radical (unpaired) electrons. The van der Waals surface area contributed by atoms with Gasteiger partial charge in [0, 0.05) is 12.8 Å². The highest BCUT2D eigenvalue weighted by atomic mass is 16.6. The summed E-state index contributed by atoms with van der Waals surface area (Å²) in [6, 6.07) is 0. The molecular formula is C36H70O4. The Kier molecular flexibility index (Phi) is 31.6. The average molecular weight is 567 g/mol. The maximum absolute atomic E-state index is 12.2. The van der Waals surface area contributed by atoms with Crippen molar-refractivity contribution in [3.8, 4) is 0 Å². The van der Waals surface area contributed by atoms with E-state index in [1.807, 2.05) is 6.92 Å². The minimum absolute atomic E-state index is 0.150. The van der Waals surface area contributed by atoms with E-state index in [9.17, 15) is 9.59 Å². The summed E-state index contributed by atoms with van der Waals surface area (Å²) in [4.78, 5) is 24.3. The number of esters is 2. The maximum Gasteiger partial charge on any atom is 0.306 e. The van der Waals surface area contributed by atoms with Gasteiger partial charge in [0.05, 0.1) is 0 Å². The van der Waals surface area contributed by atoms with Crippen LogP contribution >= 0.6 is 0 Å². The van der Waals surface area contributed by atoms with E-state index in [2.05, 4.69) is 13.8 Å². The van der Waals surface area contributed by atoms with Crippen molar-refractivity contribution in [1.29, 1.82) is 0 Å². The third-order valence-corrected chi connectivity index (χ3v) is 8.15. The molecule has 0 aliphatic heterocycles. The van der Waals surface area contributed by atoms with Crippen molar-refractivity contribution in [3.63, 3.8) is 0 Å². The topological polar surface area (TPSA) is 52.6 Å². The Morgan fingerprint density at radius 2 is 0.725 bits per heavy atom. The van der Waals surface area contributed by atoms with E-state index in [-0.39, 0.29) is 24.6 Å². The van der Waals surface area contributed by atoms with Crippen LogP contribution in [-0.2, 0) is 19.1 Å². The van der Waals surface area contributed by atoms with Crippen molar-refractivity contribution in [2.24, 2.45) is 0 Å². The molecule has 0 aliphatic rings. The molecule has 1 atom stereocenters. The van der Waals surface area contributed by atoms with Crippen LogP contribution in [0.4, 0.5) is 0 Å². The van der Waals surface area contributed by atoms with Crippen molar-refractivity contribution in [1.82, 2.24) is 0 Å². The molecule has 4 heteroatoms. The van der Waals surface area contributed by atoms with Gasteiger partial charge in [-0.05, 0) is 19.3 Å². The molecule has 0 amide bonds. The number of rotatable bonds is 32. The van der Waals surface area contributed by atoms with E-state index in [0.29, 0.717) is 19.3 Å². The Labute approximate surface area is 250 Å². The smallest absolute Gasteiger partial charge is 0.306 e. The number of hydrogen-bond donors (Lipinski definition) is 0. The van der Waals surface area contributed by atoms with E-state index in [4.69, 9.17) is 9.47 Å². The number of carbonyl (C=O) groups is 2. The SMILES string of the molecule is CCCCCCCCCCCCCCCC(=O)OC[C@H](CC)OC(=O)CCCCCCCCCCCCCCC. The van der Waals surface area contributed by atoms with Crippen molar-refractivity contribution in [3.05, 3.63) is 0 Å². The monoisotopic (exact) mass is 567 g/mol. The van der Waals surface area contributed by atoms with E-state index in [0.717, 1.165) is 25.7 Å². The molecule has 0 aromatic carbocycles. The van der Waals surface area contributed by atoms with Crippen LogP contribution in [0, 0.1) is 0 Å². The Morgan fingerprint density at radius 3 is 1.05 bits per heavy atom. The van der Waals surface area contributed by atoms with Crippen LogP contribution in [0.15, 0.2) is 0 Å². The molecule has 238 valence electrons. The summed E-state index contributed by atoms with van der Waals surface area (Å²) in [5, 5.41) is 0. The van der Waals surface area contributed by atoms with Crippen LogP contribution in [-0.4, -0.2) is 24.6 Å². The van der Waals surface area contributed by atoms with Crippen LogP contribution in [0.2, 0.25) is 0 Å². The number of carbonyl (C=O) groups excluding carboxylic acids is 2. The van der Waals surface area contributed by atoms with Crippen LogP contribution < -0.4 is 0 Å². The Hall–Kier alpha value is -1.06. The Morgan fingerprint density at radius 1 is 0.425 bits per heavy atom. The lowest BCUT2D eigenvalue weighted by molar-refractivity contribution is -0.159. The fraction of sp³-hybridized carbons (Fsp3) is 0.944. The number of unbranched alkanes of at least 4 members (excludes halogenated alkanes) is 24. The van der Waals surface area contributed by atoms with Gasteiger partial charge in [-0.1, -0.05) is 175 Å². The summed E-state index contributed by atoms with van der Waals surface area (Å²) in [7, 11) is 0. The van der Waals surface area contributed by atoms with Crippen molar-refractivity contribution in [2.75, 3.05) is 6.61 Å². The predicted molar refractivity (Wildman–Crippen MR) is 172 cm³/mol. The van der Waals surface area contributed by atoms with E-state index in [1.54, 1.807) is 0 Å². The van der Waals surface area contributed by atoms with Gasteiger partial charge in [0.15, 0.2) is 0 Å². The molecule has 0 aromatic heterocycles. The lowest BCUT2D eigenvalue weighted by Gasteiger charge is -2.16. The second-order valence-electron chi connectivity index (χ2n) is 12.2. The highest BCUT2D eigenvalue weighted by Gasteiger charge is 2.15. The van der Waals surface area contributed by atoms with Gasteiger partial charge in [-0.3, -0.25) is 9.59 Å². The third-order valence-electron chi connectivity index (χ3n) is 8.15. The molecular weight excluding hydrogens is 496 g/mol. The van der Waals surface area contributed by atoms with Crippen LogP contribution in [0.25, 0.3) is 0 Å². The third kappa shape index (κ3) is 29.9. The molecule has 0 spiro atoms. The highest BCUT2D eigenvalue weighted by Crippen LogP contribution is 2.15. The maximum atomic E-state index is 12.2. The van der Waals surface area contributed by atoms with Gasteiger partial charge in [-0.2, -0.15) is 0 Å². The minimum atomic E-state index is -0.315. The fourth-order valence-corrected chi connectivity index (χ4v) is 5.31. The summed E-state index contributed by atoms with van der Waals surface area (Å²) in [6.07, 6.45) is 35.0. The number of hydrogen-bond acceptors (Lipinski definition) is 4. The zero-order chi connectivity index (χ0) is 29.4. The molecule has 0 aromatic rings. The first kappa shape index (κ1) is 38.9. The van der Waals surface area contributed by atoms with Crippen LogP contribution in [0.5, 0.6) is 0 Å². The first-order valence-corrected chi connectivity index (χ1v) is 18.0. The zero-order valence-electron chi connectivity index (χ0n) is 27.4. The Bertz CT molecular complexity index is 533. The number of ether oxygens (including phenoxy) is 2. The quantitative estimate of drug-likeness (QED) is 0.0600. The molecule has 0 aliphatic carbocycles. The predicted octanol–water partition coefficient (Wildman–Crippen LogP) is 11.8. The molecule has 0 fully saturated rings. The van der Waals surface area contributed by atoms with Gasteiger partial charge >= 0.3 is 11.9 Å². The van der Waals surface area contributed by atoms with Crippen LogP contribution in [0.1, 0.15) is 207 Å². The first-order valence-electron chi connectivity index (χ1n) is 18.0. The molecule has 0 bridgehead atoms. The molecule has 0 unspecified atom stereocenters. The molecule has 0 heterocycles. The van der Waals surface area contributed by atoms with Gasteiger partial charge in [0.1, 0.15) is 12.7 Å². The summed E-state index contributed by atoms with van der Waals surface area (Å²) in [5.41, 5.74) is 0. The highest BCUT2D eigenvalue weighted by molar-refractivity contribution is 5.70. The fourth-order valence-electron chi connectivity index (χ4n) is 5.31.